The molecule has 0 aromatic heterocycles. The van der Waals surface area contributed by atoms with Crippen LogP contribution in [0.4, 0.5) is 0 Å². The van der Waals surface area contributed by atoms with Gasteiger partial charge in [0.25, 0.3) is 0 Å². The molecular formula is C12H22N2O. The van der Waals surface area contributed by atoms with Crippen LogP contribution in [-0.2, 0) is 4.79 Å². The first-order valence-corrected chi connectivity index (χ1v) is 6.15. The number of rotatable bonds is 1. The molecule has 86 valence electrons. The molecule has 15 heavy (non-hydrogen) atoms. The quantitative estimate of drug-likeness (QED) is 0.709. The lowest BCUT2D eigenvalue weighted by atomic mass is 9.87. The first-order chi connectivity index (χ1) is 7.12. The molecule has 1 amide bonds. The third-order valence-corrected chi connectivity index (χ3v) is 3.88. The molecule has 1 heterocycles. The monoisotopic (exact) mass is 210 g/mol. The molecule has 1 aliphatic heterocycles. The van der Waals surface area contributed by atoms with E-state index in [1.54, 1.807) is 0 Å². The molecule has 0 aromatic rings. The molecule has 0 spiro atoms. The Bertz CT molecular complexity index is 246. The fourth-order valence-corrected chi connectivity index (χ4v) is 2.87. The maximum atomic E-state index is 12.4. The van der Waals surface area contributed by atoms with Crippen molar-refractivity contribution in [2.24, 2.45) is 5.41 Å². The van der Waals surface area contributed by atoms with Crippen molar-refractivity contribution in [3.63, 3.8) is 0 Å². The molecule has 0 bridgehead atoms. The van der Waals surface area contributed by atoms with Crippen LogP contribution in [0.5, 0.6) is 0 Å². The van der Waals surface area contributed by atoms with Gasteiger partial charge in [-0.3, -0.25) is 4.79 Å². The summed E-state index contributed by atoms with van der Waals surface area (Å²) in [7, 11) is 0. The minimum atomic E-state index is -0.0446. The summed E-state index contributed by atoms with van der Waals surface area (Å²) in [4.78, 5) is 14.4. The van der Waals surface area contributed by atoms with Crippen molar-refractivity contribution in [3.8, 4) is 0 Å². The van der Waals surface area contributed by atoms with Gasteiger partial charge in [0.2, 0.25) is 5.91 Å². The van der Waals surface area contributed by atoms with Gasteiger partial charge in [0, 0.05) is 31.1 Å². The number of nitrogens with zero attached hydrogens (tertiary/aromatic N) is 1. The molecular weight excluding hydrogens is 188 g/mol. The fraction of sp³-hybridized carbons (Fsp3) is 0.917. The molecule has 1 aliphatic carbocycles. The second kappa shape index (κ2) is 4.12. The third kappa shape index (κ3) is 2.17. The van der Waals surface area contributed by atoms with Crippen molar-refractivity contribution in [3.05, 3.63) is 0 Å². The summed E-state index contributed by atoms with van der Waals surface area (Å²) in [6.07, 6.45) is 4.63. The van der Waals surface area contributed by atoms with Crippen LogP contribution in [0.15, 0.2) is 0 Å². The highest BCUT2D eigenvalue weighted by atomic mass is 16.2. The Hall–Kier alpha value is -0.570. The molecule has 2 aliphatic rings. The normalized spacial score (nSPS) is 30.5. The second-order valence-corrected chi connectivity index (χ2v) is 5.37. The van der Waals surface area contributed by atoms with Crippen molar-refractivity contribution in [2.45, 2.75) is 45.6 Å². The average Bonchev–Trinajstić information content (AvgIpc) is 2.65. The highest BCUT2D eigenvalue weighted by Crippen LogP contribution is 2.39. The molecule has 2 rings (SSSR count). The van der Waals surface area contributed by atoms with Crippen molar-refractivity contribution in [2.75, 3.05) is 19.6 Å². The van der Waals surface area contributed by atoms with Crippen LogP contribution < -0.4 is 5.32 Å². The van der Waals surface area contributed by atoms with E-state index in [9.17, 15) is 4.79 Å². The third-order valence-electron chi connectivity index (χ3n) is 3.88. The Morgan fingerprint density at radius 1 is 1.40 bits per heavy atom. The van der Waals surface area contributed by atoms with Gasteiger partial charge >= 0.3 is 0 Å². The van der Waals surface area contributed by atoms with Gasteiger partial charge in [-0.15, -0.1) is 0 Å². The smallest absolute Gasteiger partial charge is 0.228 e. The van der Waals surface area contributed by atoms with E-state index in [2.05, 4.69) is 24.1 Å². The predicted octanol–water partition coefficient (Wildman–Crippen LogP) is 1.39. The van der Waals surface area contributed by atoms with Crippen LogP contribution in [-0.4, -0.2) is 36.5 Å². The van der Waals surface area contributed by atoms with Crippen molar-refractivity contribution < 1.29 is 4.79 Å². The topological polar surface area (TPSA) is 32.3 Å². The van der Waals surface area contributed by atoms with Gasteiger partial charge in [-0.2, -0.15) is 0 Å². The van der Waals surface area contributed by atoms with E-state index < -0.39 is 0 Å². The van der Waals surface area contributed by atoms with Crippen LogP contribution in [0, 0.1) is 5.41 Å². The Morgan fingerprint density at radius 2 is 2.07 bits per heavy atom. The van der Waals surface area contributed by atoms with Gasteiger partial charge in [0.05, 0.1) is 0 Å². The first-order valence-electron chi connectivity index (χ1n) is 6.15. The zero-order chi connectivity index (χ0) is 10.9. The molecule has 3 nitrogen and oxygen atoms in total. The van der Waals surface area contributed by atoms with Crippen LogP contribution in [0.1, 0.15) is 39.5 Å². The first kappa shape index (κ1) is 10.9. The second-order valence-electron chi connectivity index (χ2n) is 5.37. The average molecular weight is 210 g/mol. The Kier molecular flexibility index (Phi) is 3.01. The maximum Gasteiger partial charge on any atom is 0.228 e. The van der Waals surface area contributed by atoms with Crippen LogP contribution in [0.2, 0.25) is 0 Å². The SMILES string of the molecule is CC1CN(C(=O)C2(C)CCCC2)CCN1. The zero-order valence-electron chi connectivity index (χ0n) is 9.88. The Labute approximate surface area is 92.2 Å². The summed E-state index contributed by atoms with van der Waals surface area (Å²) >= 11 is 0. The summed E-state index contributed by atoms with van der Waals surface area (Å²) in [5.74, 6) is 0.397. The minimum Gasteiger partial charge on any atom is -0.339 e. The van der Waals surface area contributed by atoms with Crippen LogP contribution in [0.3, 0.4) is 0 Å². The van der Waals surface area contributed by atoms with Gasteiger partial charge in [-0.05, 0) is 19.8 Å². The number of amides is 1. The van der Waals surface area contributed by atoms with E-state index in [-0.39, 0.29) is 5.41 Å². The zero-order valence-corrected chi connectivity index (χ0v) is 9.88. The summed E-state index contributed by atoms with van der Waals surface area (Å²) in [6.45, 7) is 7.02. The highest BCUT2D eigenvalue weighted by molar-refractivity contribution is 5.82. The Morgan fingerprint density at radius 3 is 2.67 bits per heavy atom. The highest BCUT2D eigenvalue weighted by Gasteiger charge is 2.39. The molecule has 1 saturated carbocycles. The van der Waals surface area contributed by atoms with Gasteiger partial charge in [-0.25, -0.2) is 0 Å². The lowest BCUT2D eigenvalue weighted by molar-refractivity contribution is -0.142. The lowest BCUT2D eigenvalue weighted by Gasteiger charge is -2.37. The predicted molar refractivity (Wildman–Crippen MR) is 60.6 cm³/mol. The number of carbonyl (C=O) groups excluding carboxylic acids is 1. The van der Waals surface area contributed by atoms with E-state index in [0.717, 1.165) is 32.5 Å². The standard InChI is InChI=1S/C12H22N2O/c1-10-9-14(8-7-13-10)11(15)12(2)5-3-4-6-12/h10,13H,3-9H2,1-2H3. The molecule has 0 aromatic carbocycles. The molecule has 1 unspecified atom stereocenters. The maximum absolute atomic E-state index is 12.4. The van der Waals surface area contributed by atoms with Gasteiger partial charge < -0.3 is 10.2 Å². The molecule has 1 atom stereocenters. The van der Waals surface area contributed by atoms with Crippen LogP contribution >= 0.6 is 0 Å². The molecule has 3 heteroatoms. The number of carbonyl (C=O) groups is 1. The number of piperazine rings is 1. The van der Waals surface area contributed by atoms with E-state index in [4.69, 9.17) is 0 Å². The van der Waals surface area contributed by atoms with E-state index >= 15 is 0 Å². The van der Waals surface area contributed by atoms with E-state index in [0.29, 0.717) is 11.9 Å². The summed E-state index contributed by atoms with van der Waals surface area (Å²) in [5.41, 5.74) is -0.0446. The van der Waals surface area contributed by atoms with Gasteiger partial charge in [-0.1, -0.05) is 19.8 Å². The largest absolute Gasteiger partial charge is 0.339 e. The molecule has 1 N–H and O–H groups in total. The lowest BCUT2D eigenvalue weighted by Crippen LogP contribution is -2.54. The molecule has 2 fully saturated rings. The van der Waals surface area contributed by atoms with Gasteiger partial charge in [0.1, 0.15) is 0 Å². The van der Waals surface area contributed by atoms with Crippen molar-refractivity contribution >= 4 is 5.91 Å². The number of hydrogen-bond donors (Lipinski definition) is 1. The summed E-state index contributed by atoms with van der Waals surface area (Å²) < 4.78 is 0. The Balaban J connectivity index is 2.00. The van der Waals surface area contributed by atoms with E-state index in [1.807, 2.05) is 0 Å². The van der Waals surface area contributed by atoms with E-state index in [1.165, 1.54) is 12.8 Å². The number of nitrogens with one attached hydrogen (secondary N) is 1. The summed E-state index contributed by atoms with van der Waals surface area (Å²) in [5, 5.41) is 3.38. The van der Waals surface area contributed by atoms with Crippen molar-refractivity contribution in [1.82, 2.24) is 10.2 Å². The fourth-order valence-electron chi connectivity index (χ4n) is 2.87. The number of hydrogen-bond acceptors (Lipinski definition) is 2. The van der Waals surface area contributed by atoms with Gasteiger partial charge in [0.15, 0.2) is 0 Å². The van der Waals surface area contributed by atoms with Crippen molar-refractivity contribution in [1.29, 1.82) is 0 Å². The molecule has 1 saturated heterocycles. The summed E-state index contributed by atoms with van der Waals surface area (Å²) in [6, 6.07) is 0.452. The molecule has 0 radical (unpaired) electrons. The minimum absolute atomic E-state index is 0.0446. The van der Waals surface area contributed by atoms with Crippen LogP contribution in [0.25, 0.3) is 0 Å².